The molecule has 208 valence electrons. The zero-order valence-corrected chi connectivity index (χ0v) is 23.2. The van der Waals surface area contributed by atoms with Gasteiger partial charge < -0.3 is 24.4 Å². The predicted molar refractivity (Wildman–Crippen MR) is 153 cm³/mol. The summed E-state index contributed by atoms with van der Waals surface area (Å²) >= 11 is 0. The smallest absolute Gasteiger partial charge is 0.292 e. The van der Waals surface area contributed by atoms with Gasteiger partial charge in [0, 0.05) is 68.6 Å². The van der Waals surface area contributed by atoms with E-state index in [0.717, 1.165) is 50.4 Å². The molecule has 1 aliphatic heterocycles. The molecular formula is C30H39N5O4. The van der Waals surface area contributed by atoms with E-state index in [1.165, 1.54) is 5.69 Å². The molecule has 0 atom stereocenters. The summed E-state index contributed by atoms with van der Waals surface area (Å²) in [6.45, 7) is 10.3. The van der Waals surface area contributed by atoms with Gasteiger partial charge in [-0.25, -0.2) is 0 Å². The molecule has 2 aromatic carbocycles. The number of hydrogen-bond acceptors (Lipinski definition) is 6. The number of fused-ring (bicyclic) bond motifs is 1. The van der Waals surface area contributed by atoms with E-state index in [1.54, 1.807) is 22.8 Å². The lowest BCUT2D eigenvalue weighted by atomic mass is 10.1. The quantitative estimate of drug-likeness (QED) is 0.219. The molecule has 0 aliphatic carbocycles. The van der Waals surface area contributed by atoms with Gasteiger partial charge in [-0.2, -0.15) is 0 Å². The molecule has 1 N–H and O–H groups in total. The Morgan fingerprint density at radius 2 is 1.64 bits per heavy atom. The largest absolute Gasteiger partial charge is 0.497 e. The van der Waals surface area contributed by atoms with Crippen LogP contribution in [0.1, 0.15) is 30.6 Å². The minimum absolute atomic E-state index is 0.0194. The van der Waals surface area contributed by atoms with E-state index in [1.807, 2.05) is 50.2 Å². The second-order valence-electron chi connectivity index (χ2n) is 9.72. The van der Waals surface area contributed by atoms with Gasteiger partial charge in [0.05, 0.1) is 12.7 Å². The maximum atomic E-state index is 13.1. The summed E-state index contributed by atoms with van der Waals surface area (Å²) in [6, 6.07) is 15.5. The Bertz CT molecular complexity index is 1270. The molecule has 9 nitrogen and oxygen atoms in total. The van der Waals surface area contributed by atoms with Gasteiger partial charge in [-0.1, -0.05) is 18.2 Å². The molecule has 1 aliphatic rings. The summed E-state index contributed by atoms with van der Waals surface area (Å²) in [5.74, 6) is -0.353. The second kappa shape index (κ2) is 13.3. The van der Waals surface area contributed by atoms with Crippen LogP contribution < -0.4 is 15.0 Å². The predicted octanol–water partition coefficient (Wildman–Crippen LogP) is 3.03. The average Bonchev–Trinajstić information content (AvgIpc) is 3.34. The Labute approximate surface area is 230 Å². The molecule has 0 unspecified atom stereocenters. The highest BCUT2D eigenvalue weighted by atomic mass is 16.5. The Balaban J connectivity index is 1.26. The van der Waals surface area contributed by atoms with E-state index in [4.69, 9.17) is 4.74 Å². The Hall–Kier alpha value is -3.85. The molecule has 2 heterocycles. The number of anilines is 1. The Kier molecular flexibility index (Phi) is 9.59. The first-order chi connectivity index (χ1) is 18.9. The number of rotatable bonds is 12. The SMILES string of the molecule is CCN(CC)C(=O)Cn1cc(C(=O)C(=O)NCCCN2CCN(c3ccc(OC)cc3)CC2)c2ccccc21. The van der Waals surface area contributed by atoms with Crippen LogP contribution in [0.4, 0.5) is 5.69 Å². The number of Topliss-reactive ketones (excluding diaryl/α,β-unsaturated/α-hetero) is 1. The van der Waals surface area contributed by atoms with E-state index in [0.29, 0.717) is 30.6 Å². The molecule has 9 heteroatoms. The number of benzene rings is 2. The molecule has 0 spiro atoms. The average molecular weight is 534 g/mol. The maximum absolute atomic E-state index is 13.1. The van der Waals surface area contributed by atoms with E-state index in [-0.39, 0.29) is 12.5 Å². The fourth-order valence-corrected chi connectivity index (χ4v) is 5.11. The van der Waals surface area contributed by atoms with Crippen LogP contribution in [0.2, 0.25) is 0 Å². The molecule has 0 radical (unpaired) electrons. The van der Waals surface area contributed by atoms with Gasteiger partial charge in [0.25, 0.3) is 11.7 Å². The highest BCUT2D eigenvalue weighted by Gasteiger charge is 2.23. The van der Waals surface area contributed by atoms with Crippen LogP contribution >= 0.6 is 0 Å². The van der Waals surface area contributed by atoms with Crippen LogP contribution in [-0.2, 0) is 16.1 Å². The fourth-order valence-electron chi connectivity index (χ4n) is 5.11. The number of nitrogens with zero attached hydrogens (tertiary/aromatic N) is 4. The van der Waals surface area contributed by atoms with Gasteiger partial charge >= 0.3 is 0 Å². The number of hydrogen-bond donors (Lipinski definition) is 1. The van der Waals surface area contributed by atoms with Crippen molar-refractivity contribution in [1.82, 2.24) is 19.7 Å². The summed E-state index contributed by atoms with van der Waals surface area (Å²) in [7, 11) is 1.67. The lowest BCUT2D eigenvalue weighted by molar-refractivity contribution is -0.131. The first-order valence-electron chi connectivity index (χ1n) is 13.7. The third-order valence-corrected chi connectivity index (χ3v) is 7.41. The number of carbonyl (C=O) groups excluding carboxylic acids is 3. The monoisotopic (exact) mass is 533 g/mol. The van der Waals surface area contributed by atoms with Crippen LogP contribution in [0.25, 0.3) is 10.9 Å². The highest BCUT2D eigenvalue weighted by Crippen LogP contribution is 2.23. The van der Waals surface area contributed by atoms with Crippen molar-refractivity contribution in [2.24, 2.45) is 0 Å². The molecule has 0 saturated carbocycles. The molecule has 1 saturated heterocycles. The summed E-state index contributed by atoms with van der Waals surface area (Å²) in [5, 5.41) is 3.48. The first-order valence-corrected chi connectivity index (χ1v) is 13.7. The molecule has 1 fully saturated rings. The van der Waals surface area contributed by atoms with Crippen molar-refractivity contribution in [3.63, 3.8) is 0 Å². The molecule has 3 aromatic rings. The maximum Gasteiger partial charge on any atom is 0.292 e. The number of ketones is 1. The zero-order valence-electron chi connectivity index (χ0n) is 23.2. The van der Waals surface area contributed by atoms with Crippen LogP contribution in [0.5, 0.6) is 5.75 Å². The number of methoxy groups -OCH3 is 1. The Morgan fingerprint density at radius 1 is 0.949 bits per heavy atom. The fraction of sp³-hybridized carbons (Fsp3) is 0.433. The molecule has 2 amide bonds. The summed E-state index contributed by atoms with van der Waals surface area (Å²) in [6.07, 6.45) is 2.40. The summed E-state index contributed by atoms with van der Waals surface area (Å²) in [4.78, 5) is 45.0. The third-order valence-electron chi connectivity index (χ3n) is 7.41. The number of aromatic nitrogens is 1. The van der Waals surface area contributed by atoms with E-state index in [2.05, 4.69) is 27.2 Å². The number of amides is 2. The zero-order chi connectivity index (χ0) is 27.8. The van der Waals surface area contributed by atoms with Crippen LogP contribution in [0, 0.1) is 0 Å². The van der Waals surface area contributed by atoms with Crippen LogP contribution in [0.3, 0.4) is 0 Å². The molecular weight excluding hydrogens is 494 g/mol. The normalized spacial score (nSPS) is 13.9. The van der Waals surface area contributed by atoms with Crippen molar-refractivity contribution >= 4 is 34.2 Å². The van der Waals surface area contributed by atoms with Crippen LogP contribution in [0.15, 0.2) is 54.7 Å². The lowest BCUT2D eigenvalue weighted by Crippen LogP contribution is -2.47. The van der Waals surface area contributed by atoms with E-state index >= 15 is 0 Å². The van der Waals surface area contributed by atoms with Gasteiger partial charge in [-0.3, -0.25) is 19.3 Å². The first kappa shape index (κ1) is 28.2. The molecule has 0 bridgehead atoms. The molecule has 39 heavy (non-hydrogen) atoms. The molecule has 1 aromatic heterocycles. The number of ether oxygens (including phenoxy) is 1. The molecule has 4 rings (SSSR count). The Morgan fingerprint density at radius 3 is 2.31 bits per heavy atom. The van der Waals surface area contributed by atoms with Crippen molar-refractivity contribution < 1.29 is 19.1 Å². The number of para-hydroxylation sites is 1. The van der Waals surface area contributed by atoms with Crippen molar-refractivity contribution in [3.05, 3.63) is 60.3 Å². The van der Waals surface area contributed by atoms with Crippen molar-refractivity contribution in [1.29, 1.82) is 0 Å². The lowest BCUT2D eigenvalue weighted by Gasteiger charge is -2.36. The summed E-state index contributed by atoms with van der Waals surface area (Å²) < 4.78 is 7.01. The second-order valence-corrected chi connectivity index (χ2v) is 9.72. The number of likely N-dealkylation sites (N-methyl/N-ethyl adjacent to an activating group) is 1. The van der Waals surface area contributed by atoms with Gasteiger partial charge in [0.1, 0.15) is 12.3 Å². The van der Waals surface area contributed by atoms with Gasteiger partial charge in [-0.15, -0.1) is 0 Å². The minimum atomic E-state index is -0.614. The van der Waals surface area contributed by atoms with Gasteiger partial charge in [0.15, 0.2) is 0 Å². The number of piperazine rings is 1. The topological polar surface area (TPSA) is 87.1 Å². The van der Waals surface area contributed by atoms with E-state index < -0.39 is 11.7 Å². The van der Waals surface area contributed by atoms with Gasteiger partial charge in [0.2, 0.25) is 5.91 Å². The summed E-state index contributed by atoms with van der Waals surface area (Å²) in [5.41, 5.74) is 2.29. The number of carbonyl (C=O) groups is 3. The van der Waals surface area contributed by atoms with Crippen LogP contribution in [-0.4, -0.2) is 91.4 Å². The van der Waals surface area contributed by atoms with Gasteiger partial charge in [-0.05, 0) is 57.1 Å². The van der Waals surface area contributed by atoms with E-state index in [9.17, 15) is 14.4 Å². The number of nitrogens with one attached hydrogen (secondary N) is 1. The third kappa shape index (κ3) is 6.78. The van der Waals surface area contributed by atoms with Crippen molar-refractivity contribution in [2.45, 2.75) is 26.8 Å². The minimum Gasteiger partial charge on any atom is -0.497 e. The van der Waals surface area contributed by atoms with Crippen molar-refractivity contribution in [3.8, 4) is 5.75 Å². The standard InChI is InChI=1S/C30H39N5O4/c1-4-33(5-2)28(36)22-35-21-26(25-9-6-7-10-27(25)35)29(37)30(38)31-15-8-16-32-17-19-34(20-18-32)23-11-13-24(39-3)14-12-23/h6-7,9-14,21H,4-5,8,15-20,22H2,1-3H3,(H,31,38). The van der Waals surface area contributed by atoms with Crippen molar-refractivity contribution in [2.75, 3.05) is 64.4 Å². The highest BCUT2D eigenvalue weighted by molar-refractivity contribution is 6.45.